The van der Waals surface area contributed by atoms with E-state index in [4.69, 9.17) is 0 Å². The van der Waals surface area contributed by atoms with E-state index in [-0.39, 0.29) is 12.1 Å². The van der Waals surface area contributed by atoms with Crippen LogP contribution in [-0.4, -0.2) is 12.1 Å². The van der Waals surface area contributed by atoms with E-state index in [1.165, 1.54) is 5.56 Å². The fourth-order valence-corrected chi connectivity index (χ4v) is 3.38. The average molecular weight is 302 g/mol. The highest BCUT2D eigenvalue weighted by molar-refractivity contribution is 6.08. The van der Waals surface area contributed by atoms with E-state index in [9.17, 15) is 4.79 Å². The quantitative estimate of drug-likeness (QED) is 0.686. The van der Waals surface area contributed by atoms with Gasteiger partial charge in [-0.3, -0.25) is 4.90 Å². The highest BCUT2D eigenvalue weighted by Gasteiger charge is 2.30. The molecule has 3 nitrogen and oxygen atoms in total. The number of urea groups is 1. The number of nitrogens with one attached hydrogen (secondary N) is 1. The summed E-state index contributed by atoms with van der Waals surface area (Å²) in [5.41, 5.74) is 3.09. The van der Waals surface area contributed by atoms with Crippen LogP contribution in [0.3, 0.4) is 0 Å². The van der Waals surface area contributed by atoms with Gasteiger partial charge in [0.1, 0.15) is 0 Å². The molecule has 3 aromatic carbocycles. The fraction of sp³-hybridized carbons (Fsp3) is 0.150. The number of anilines is 2. The molecule has 0 aromatic heterocycles. The van der Waals surface area contributed by atoms with Gasteiger partial charge in [-0.25, -0.2) is 4.79 Å². The molecule has 114 valence electrons. The van der Waals surface area contributed by atoms with E-state index in [1.807, 2.05) is 53.4 Å². The molecule has 1 N–H and O–H groups in total. The zero-order valence-corrected chi connectivity index (χ0v) is 13.0. The second-order valence-corrected chi connectivity index (χ2v) is 6.01. The monoisotopic (exact) mass is 302 g/mol. The third-order valence-corrected chi connectivity index (χ3v) is 4.46. The van der Waals surface area contributed by atoms with Gasteiger partial charge in [0.05, 0.1) is 5.69 Å². The van der Waals surface area contributed by atoms with Gasteiger partial charge in [-0.05, 0) is 36.4 Å². The normalized spacial score (nSPS) is 16.4. The van der Waals surface area contributed by atoms with Crippen LogP contribution in [0.4, 0.5) is 16.2 Å². The Bertz CT molecular complexity index is 882. The van der Waals surface area contributed by atoms with Gasteiger partial charge in [0.25, 0.3) is 0 Å². The third-order valence-electron chi connectivity index (χ3n) is 4.46. The molecule has 0 radical (unpaired) electrons. The van der Waals surface area contributed by atoms with Crippen molar-refractivity contribution in [3.8, 4) is 0 Å². The van der Waals surface area contributed by atoms with Crippen LogP contribution in [0.25, 0.3) is 10.8 Å². The van der Waals surface area contributed by atoms with Crippen LogP contribution < -0.4 is 10.2 Å². The summed E-state index contributed by atoms with van der Waals surface area (Å²) >= 11 is 0. The summed E-state index contributed by atoms with van der Waals surface area (Å²) in [6.45, 7) is 2.09. The standard InChI is InChI=1S/C20H18N2O/c1-14-13-16-8-3-5-12-19(16)22(14)20(23)21-18-11-6-9-15-7-2-4-10-17(15)18/h2-12,14H,13H2,1H3,(H,21,23). The minimum atomic E-state index is -0.0706. The highest BCUT2D eigenvalue weighted by Crippen LogP contribution is 2.33. The van der Waals surface area contributed by atoms with E-state index in [0.29, 0.717) is 0 Å². The summed E-state index contributed by atoms with van der Waals surface area (Å²) in [5.74, 6) is 0. The molecule has 1 aliphatic heterocycles. The van der Waals surface area contributed by atoms with Gasteiger partial charge < -0.3 is 5.32 Å². The molecule has 0 bridgehead atoms. The maximum atomic E-state index is 12.8. The highest BCUT2D eigenvalue weighted by atomic mass is 16.2. The lowest BCUT2D eigenvalue weighted by atomic mass is 10.1. The van der Waals surface area contributed by atoms with Gasteiger partial charge in [0, 0.05) is 17.1 Å². The number of carbonyl (C=O) groups is 1. The summed E-state index contributed by atoms with van der Waals surface area (Å²) in [6, 6.07) is 22.3. The first kappa shape index (κ1) is 13.8. The molecule has 2 amide bonds. The van der Waals surface area contributed by atoms with Crippen LogP contribution in [0.15, 0.2) is 66.7 Å². The van der Waals surface area contributed by atoms with Gasteiger partial charge in [0.15, 0.2) is 0 Å². The van der Waals surface area contributed by atoms with E-state index < -0.39 is 0 Å². The largest absolute Gasteiger partial charge is 0.326 e. The Labute approximate surface area is 135 Å². The SMILES string of the molecule is CC1Cc2ccccc2N1C(=O)Nc1cccc2ccccc12. The fourth-order valence-electron chi connectivity index (χ4n) is 3.38. The second-order valence-electron chi connectivity index (χ2n) is 6.01. The lowest BCUT2D eigenvalue weighted by Crippen LogP contribution is -2.39. The zero-order chi connectivity index (χ0) is 15.8. The molecule has 23 heavy (non-hydrogen) atoms. The number of benzene rings is 3. The number of carbonyl (C=O) groups excluding carboxylic acids is 1. The molecule has 1 heterocycles. The number of amides is 2. The zero-order valence-electron chi connectivity index (χ0n) is 13.0. The van der Waals surface area contributed by atoms with Crippen molar-refractivity contribution < 1.29 is 4.79 Å². The smallest absolute Gasteiger partial charge is 0.307 e. The average Bonchev–Trinajstić information content (AvgIpc) is 2.91. The lowest BCUT2D eigenvalue weighted by Gasteiger charge is -2.23. The van der Waals surface area contributed by atoms with Gasteiger partial charge >= 0.3 is 6.03 Å². The van der Waals surface area contributed by atoms with Gasteiger partial charge in [0.2, 0.25) is 0 Å². The van der Waals surface area contributed by atoms with Crippen LogP contribution in [0.1, 0.15) is 12.5 Å². The number of rotatable bonds is 1. The van der Waals surface area contributed by atoms with Gasteiger partial charge in [-0.1, -0.05) is 54.6 Å². The van der Waals surface area contributed by atoms with Crippen molar-refractivity contribution in [3.63, 3.8) is 0 Å². The maximum Gasteiger partial charge on any atom is 0.326 e. The predicted octanol–water partition coefficient (Wildman–Crippen LogP) is 4.82. The summed E-state index contributed by atoms with van der Waals surface area (Å²) in [4.78, 5) is 14.7. The first-order chi connectivity index (χ1) is 11.2. The Morgan fingerprint density at radius 2 is 1.74 bits per heavy atom. The minimum absolute atomic E-state index is 0.0706. The summed E-state index contributed by atoms with van der Waals surface area (Å²) in [7, 11) is 0. The van der Waals surface area contributed by atoms with Crippen molar-refractivity contribution in [2.75, 3.05) is 10.2 Å². The summed E-state index contributed by atoms with van der Waals surface area (Å²) < 4.78 is 0. The topological polar surface area (TPSA) is 32.3 Å². The molecule has 0 aliphatic carbocycles. The Morgan fingerprint density at radius 3 is 2.65 bits per heavy atom. The lowest BCUT2D eigenvalue weighted by molar-refractivity contribution is 0.256. The molecular formula is C20H18N2O. The van der Waals surface area contributed by atoms with Crippen molar-refractivity contribution in [1.82, 2.24) is 0 Å². The molecular weight excluding hydrogens is 284 g/mol. The van der Waals surface area contributed by atoms with Crippen molar-refractivity contribution in [2.24, 2.45) is 0 Å². The van der Waals surface area contributed by atoms with Crippen LogP contribution in [0, 0.1) is 0 Å². The van der Waals surface area contributed by atoms with Crippen molar-refractivity contribution in [1.29, 1.82) is 0 Å². The molecule has 0 fully saturated rings. The molecule has 4 rings (SSSR count). The Hall–Kier alpha value is -2.81. The second kappa shape index (κ2) is 5.43. The molecule has 3 aromatic rings. The number of nitrogens with zero attached hydrogens (tertiary/aromatic N) is 1. The minimum Gasteiger partial charge on any atom is -0.307 e. The van der Waals surface area contributed by atoms with Gasteiger partial charge in [-0.15, -0.1) is 0 Å². The molecule has 0 spiro atoms. The summed E-state index contributed by atoms with van der Waals surface area (Å²) in [6.07, 6.45) is 0.902. The first-order valence-electron chi connectivity index (χ1n) is 7.90. The number of hydrogen-bond acceptors (Lipinski definition) is 1. The third kappa shape index (κ3) is 2.34. The molecule has 1 aliphatic rings. The molecule has 1 atom stereocenters. The van der Waals surface area contributed by atoms with Crippen molar-refractivity contribution in [2.45, 2.75) is 19.4 Å². The summed E-state index contributed by atoms with van der Waals surface area (Å²) in [5, 5.41) is 5.27. The van der Waals surface area contributed by atoms with E-state index >= 15 is 0 Å². The Balaban J connectivity index is 1.68. The van der Waals surface area contributed by atoms with Crippen molar-refractivity contribution in [3.05, 3.63) is 72.3 Å². The molecule has 3 heteroatoms. The van der Waals surface area contributed by atoms with Crippen LogP contribution in [-0.2, 0) is 6.42 Å². The Kier molecular flexibility index (Phi) is 3.27. The van der Waals surface area contributed by atoms with E-state index in [1.54, 1.807) is 0 Å². The number of hydrogen-bond donors (Lipinski definition) is 1. The van der Waals surface area contributed by atoms with E-state index in [0.717, 1.165) is 28.6 Å². The number of para-hydroxylation sites is 1. The molecule has 0 saturated carbocycles. The van der Waals surface area contributed by atoms with Crippen LogP contribution >= 0.6 is 0 Å². The van der Waals surface area contributed by atoms with E-state index in [2.05, 4.69) is 30.4 Å². The molecule has 1 unspecified atom stereocenters. The number of fused-ring (bicyclic) bond motifs is 2. The van der Waals surface area contributed by atoms with Crippen LogP contribution in [0.5, 0.6) is 0 Å². The van der Waals surface area contributed by atoms with Gasteiger partial charge in [-0.2, -0.15) is 0 Å². The predicted molar refractivity (Wildman–Crippen MR) is 95.1 cm³/mol. The Morgan fingerprint density at radius 1 is 1.00 bits per heavy atom. The maximum absolute atomic E-state index is 12.8. The van der Waals surface area contributed by atoms with Crippen molar-refractivity contribution >= 4 is 28.2 Å². The first-order valence-corrected chi connectivity index (χ1v) is 7.90. The molecule has 0 saturated heterocycles. The van der Waals surface area contributed by atoms with Crippen LogP contribution in [0.2, 0.25) is 0 Å².